The third-order valence-electron chi connectivity index (χ3n) is 4.49. The Hall–Kier alpha value is -1.49. The van der Waals surface area contributed by atoms with Crippen LogP contribution in [0.3, 0.4) is 0 Å². The van der Waals surface area contributed by atoms with E-state index in [1.165, 1.54) is 5.56 Å². The van der Waals surface area contributed by atoms with E-state index in [-0.39, 0.29) is 11.6 Å². The molecule has 0 aliphatic heterocycles. The molecule has 0 spiro atoms. The first kappa shape index (κ1) is 14.9. The quantitative estimate of drug-likeness (QED) is 0.648. The summed E-state index contributed by atoms with van der Waals surface area (Å²) in [4.78, 5) is 6.59. The number of pyridine rings is 1. The maximum atomic E-state index is 5.86. The summed E-state index contributed by atoms with van der Waals surface area (Å²) in [5.74, 6) is 5.86. The van der Waals surface area contributed by atoms with Gasteiger partial charge in [-0.25, -0.2) is 0 Å². The van der Waals surface area contributed by atoms with E-state index in [0.29, 0.717) is 0 Å². The maximum Gasteiger partial charge on any atom is 0.0702 e. The number of rotatable bonds is 5. The van der Waals surface area contributed by atoms with Gasteiger partial charge in [0.25, 0.3) is 0 Å². The molecule has 0 saturated heterocycles. The lowest BCUT2D eigenvalue weighted by molar-refractivity contribution is 0.113. The summed E-state index contributed by atoms with van der Waals surface area (Å²) in [6.45, 7) is 4.41. The van der Waals surface area contributed by atoms with Crippen molar-refractivity contribution in [3.63, 3.8) is 0 Å². The molecule has 0 bridgehead atoms. The normalized spacial score (nSPS) is 16.3. The van der Waals surface area contributed by atoms with E-state index in [9.17, 15) is 0 Å². The van der Waals surface area contributed by atoms with Crippen molar-refractivity contribution in [2.45, 2.75) is 31.8 Å². The van der Waals surface area contributed by atoms with Crippen LogP contribution in [0.15, 0.2) is 36.5 Å². The van der Waals surface area contributed by atoms with Crippen molar-refractivity contribution in [3.05, 3.63) is 42.1 Å². The second kappa shape index (κ2) is 5.87. The Balaban J connectivity index is 2.48. The van der Waals surface area contributed by atoms with Crippen LogP contribution in [0.1, 0.15) is 31.9 Å². The molecule has 4 nitrogen and oxygen atoms in total. The molecule has 4 heteroatoms. The summed E-state index contributed by atoms with van der Waals surface area (Å²) >= 11 is 0. The third-order valence-corrected chi connectivity index (χ3v) is 4.49. The molecular weight excluding hydrogens is 248 g/mol. The van der Waals surface area contributed by atoms with Crippen LogP contribution in [-0.4, -0.2) is 29.5 Å². The number of nitrogens with two attached hydrogens (primary N) is 1. The lowest BCUT2D eigenvalue weighted by atomic mass is 9.83. The molecule has 20 heavy (non-hydrogen) atoms. The lowest BCUT2D eigenvalue weighted by Gasteiger charge is -2.42. The number of hydrogen-bond donors (Lipinski definition) is 2. The molecule has 3 N–H and O–H groups in total. The first-order valence-corrected chi connectivity index (χ1v) is 7.01. The summed E-state index contributed by atoms with van der Waals surface area (Å²) in [5, 5.41) is 1.14. The summed E-state index contributed by atoms with van der Waals surface area (Å²) in [7, 11) is 4.19. The molecular formula is C16H24N4. The van der Waals surface area contributed by atoms with E-state index < -0.39 is 0 Å². The van der Waals surface area contributed by atoms with Gasteiger partial charge in [-0.1, -0.05) is 19.1 Å². The SMILES string of the molecule is CCC(C)(C(NN)c1ccc2ncccc2c1)N(C)C. The molecule has 2 aromatic rings. The Morgan fingerprint density at radius 3 is 2.70 bits per heavy atom. The van der Waals surface area contributed by atoms with Gasteiger partial charge < -0.3 is 4.90 Å². The van der Waals surface area contributed by atoms with Gasteiger partial charge in [-0.2, -0.15) is 0 Å². The van der Waals surface area contributed by atoms with Crippen LogP contribution in [0, 0.1) is 0 Å². The van der Waals surface area contributed by atoms with E-state index in [0.717, 1.165) is 17.3 Å². The number of aromatic nitrogens is 1. The number of nitrogens with one attached hydrogen (secondary N) is 1. The minimum Gasteiger partial charge on any atom is -0.302 e. The Morgan fingerprint density at radius 1 is 1.35 bits per heavy atom. The van der Waals surface area contributed by atoms with Crippen molar-refractivity contribution in [2.24, 2.45) is 5.84 Å². The van der Waals surface area contributed by atoms with Gasteiger partial charge in [0.1, 0.15) is 0 Å². The van der Waals surface area contributed by atoms with Gasteiger partial charge in [0.2, 0.25) is 0 Å². The number of benzene rings is 1. The minimum atomic E-state index is -0.0510. The molecule has 2 atom stereocenters. The Labute approximate surface area is 121 Å². The van der Waals surface area contributed by atoms with Gasteiger partial charge in [0, 0.05) is 17.1 Å². The number of hydrogen-bond acceptors (Lipinski definition) is 4. The molecule has 0 radical (unpaired) electrons. The number of hydrazine groups is 1. The number of nitrogens with zero attached hydrogens (tertiary/aromatic N) is 2. The average Bonchev–Trinajstić information content (AvgIpc) is 2.47. The fourth-order valence-electron chi connectivity index (χ4n) is 2.69. The fraction of sp³-hybridized carbons (Fsp3) is 0.438. The molecule has 2 rings (SSSR count). The monoisotopic (exact) mass is 272 g/mol. The summed E-state index contributed by atoms with van der Waals surface area (Å²) < 4.78 is 0. The van der Waals surface area contributed by atoms with Crippen molar-refractivity contribution in [3.8, 4) is 0 Å². The predicted octanol–water partition coefficient (Wildman–Crippen LogP) is 2.47. The van der Waals surface area contributed by atoms with Crippen molar-refractivity contribution in [1.82, 2.24) is 15.3 Å². The predicted molar refractivity (Wildman–Crippen MR) is 84.2 cm³/mol. The second-order valence-corrected chi connectivity index (χ2v) is 5.66. The zero-order valence-corrected chi connectivity index (χ0v) is 12.7. The van der Waals surface area contributed by atoms with E-state index in [1.807, 2.05) is 12.3 Å². The number of likely N-dealkylation sites (N-methyl/N-ethyl adjacent to an activating group) is 1. The molecule has 0 amide bonds. The van der Waals surface area contributed by atoms with E-state index in [4.69, 9.17) is 5.84 Å². The van der Waals surface area contributed by atoms with Gasteiger partial charge in [0.05, 0.1) is 11.6 Å². The Bertz CT molecular complexity index is 581. The second-order valence-electron chi connectivity index (χ2n) is 5.66. The highest BCUT2D eigenvalue weighted by Crippen LogP contribution is 2.33. The molecule has 0 fully saturated rings. The molecule has 1 aromatic carbocycles. The average molecular weight is 272 g/mol. The summed E-state index contributed by atoms with van der Waals surface area (Å²) in [6.07, 6.45) is 2.82. The molecule has 2 unspecified atom stereocenters. The van der Waals surface area contributed by atoms with Crippen LogP contribution in [0.25, 0.3) is 10.9 Å². The minimum absolute atomic E-state index is 0.0510. The zero-order chi connectivity index (χ0) is 14.8. The highest BCUT2D eigenvalue weighted by atomic mass is 15.3. The molecule has 0 saturated carbocycles. The first-order chi connectivity index (χ1) is 9.52. The summed E-state index contributed by atoms with van der Waals surface area (Å²) in [5.41, 5.74) is 5.14. The summed E-state index contributed by atoms with van der Waals surface area (Å²) in [6, 6.07) is 10.4. The first-order valence-electron chi connectivity index (χ1n) is 7.01. The van der Waals surface area contributed by atoms with Crippen LogP contribution in [0.5, 0.6) is 0 Å². The Kier molecular flexibility index (Phi) is 4.38. The lowest BCUT2D eigenvalue weighted by Crippen LogP contribution is -2.52. The van der Waals surface area contributed by atoms with Gasteiger partial charge in [-0.05, 0) is 51.2 Å². The molecule has 1 heterocycles. The highest BCUT2D eigenvalue weighted by molar-refractivity contribution is 5.79. The molecule has 108 valence electrons. The molecule has 0 aliphatic rings. The number of fused-ring (bicyclic) bond motifs is 1. The van der Waals surface area contributed by atoms with Crippen LogP contribution < -0.4 is 11.3 Å². The van der Waals surface area contributed by atoms with E-state index in [2.05, 4.69) is 67.5 Å². The topological polar surface area (TPSA) is 54.2 Å². The van der Waals surface area contributed by atoms with Crippen LogP contribution >= 0.6 is 0 Å². The molecule has 1 aromatic heterocycles. The largest absolute Gasteiger partial charge is 0.302 e. The maximum absolute atomic E-state index is 5.86. The standard InChI is InChI=1S/C16H24N4/c1-5-16(2,20(3)4)15(19-17)13-8-9-14-12(11-13)7-6-10-18-14/h6-11,15,19H,5,17H2,1-4H3. The van der Waals surface area contributed by atoms with Crippen LogP contribution in [-0.2, 0) is 0 Å². The van der Waals surface area contributed by atoms with Gasteiger partial charge in [0.15, 0.2) is 0 Å². The van der Waals surface area contributed by atoms with Crippen LogP contribution in [0.2, 0.25) is 0 Å². The highest BCUT2D eigenvalue weighted by Gasteiger charge is 2.35. The van der Waals surface area contributed by atoms with Crippen molar-refractivity contribution in [1.29, 1.82) is 0 Å². The van der Waals surface area contributed by atoms with Gasteiger partial charge >= 0.3 is 0 Å². The van der Waals surface area contributed by atoms with E-state index >= 15 is 0 Å². The van der Waals surface area contributed by atoms with Crippen molar-refractivity contribution < 1.29 is 0 Å². The fourth-order valence-corrected chi connectivity index (χ4v) is 2.69. The smallest absolute Gasteiger partial charge is 0.0702 e. The van der Waals surface area contributed by atoms with Crippen molar-refractivity contribution in [2.75, 3.05) is 14.1 Å². The van der Waals surface area contributed by atoms with E-state index in [1.54, 1.807) is 0 Å². The third kappa shape index (κ3) is 2.54. The molecule has 0 aliphatic carbocycles. The zero-order valence-electron chi connectivity index (χ0n) is 12.7. The Morgan fingerprint density at radius 2 is 2.10 bits per heavy atom. The van der Waals surface area contributed by atoms with Gasteiger partial charge in [-0.3, -0.25) is 16.3 Å². The van der Waals surface area contributed by atoms with Crippen molar-refractivity contribution >= 4 is 10.9 Å². The van der Waals surface area contributed by atoms with Gasteiger partial charge in [-0.15, -0.1) is 0 Å². The van der Waals surface area contributed by atoms with Crippen LogP contribution in [0.4, 0.5) is 0 Å².